The molecule has 0 bridgehead atoms. The lowest BCUT2D eigenvalue weighted by atomic mass is 10.1. The van der Waals surface area contributed by atoms with Gasteiger partial charge in [-0.05, 0) is 49.1 Å². The summed E-state index contributed by atoms with van der Waals surface area (Å²) >= 11 is 0. The van der Waals surface area contributed by atoms with Crippen LogP contribution < -0.4 is 11.1 Å². The Hall–Kier alpha value is -1.85. The number of nitrogens with zero attached hydrogens (tertiary/aromatic N) is 2. The molecule has 1 saturated carbocycles. The Morgan fingerprint density at radius 1 is 1.38 bits per heavy atom. The Morgan fingerprint density at radius 2 is 2.10 bits per heavy atom. The zero-order chi connectivity index (χ0) is 13.9. The third-order valence-electron chi connectivity index (χ3n) is 3.62. The summed E-state index contributed by atoms with van der Waals surface area (Å²) in [5.74, 6) is 0.519. The second kappa shape index (κ2) is 6.74. The SMILES string of the molecule is Cl.NC(CNC(=O)c1ccc(-n2cccn2)cc1)C1CC1. The molecule has 1 aromatic carbocycles. The van der Waals surface area contributed by atoms with Gasteiger partial charge in [-0.3, -0.25) is 4.79 Å². The number of hydrogen-bond donors (Lipinski definition) is 2. The molecule has 0 spiro atoms. The molecule has 5 nitrogen and oxygen atoms in total. The Kier molecular flexibility index (Phi) is 4.98. The van der Waals surface area contributed by atoms with Crippen LogP contribution >= 0.6 is 12.4 Å². The average Bonchev–Trinajstić information content (AvgIpc) is 3.19. The molecule has 1 fully saturated rings. The van der Waals surface area contributed by atoms with E-state index in [9.17, 15) is 4.79 Å². The fourth-order valence-corrected chi connectivity index (χ4v) is 2.19. The van der Waals surface area contributed by atoms with Crippen molar-refractivity contribution in [3.05, 3.63) is 48.3 Å². The van der Waals surface area contributed by atoms with Crippen LogP contribution in [-0.2, 0) is 0 Å². The Bertz CT molecular complexity index is 578. The minimum absolute atomic E-state index is 0. The van der Waals surface area contributed by atoms with E-state index in [0.717, 1.165) is 5.69 Å². The summed E-state index contributed by atoms with van der Waals surface area (Å²) in [4.78, 5) is 12.0. The molecule has 1 atom stereocenters. The van der Waals surface area contributed by atoms with E-state index in [1.807, 2.05) is 24.4 Å². The summed E-state index contributed by atoms with van der Waals surface area (Å²) in [7, 11) is 0. The van der Waals surface area contributed by atoms with Gasteiger partial charge < -0.3 is 11.1 Å². The van der Waals surface area contributed by atoms with Gasteiger partial charge in [-0.15, -0.1) is 12.4 Å². The van der Waals surface area contributed by atoms with Crippen molar-refractivity contribution in [1.29, 1.82) is 0 Å². The van der Waals surface area contributed by atoms with Crippen LogP contribution in [0.15, 0.2) is 42.7 Å². The van der Waals surface area contributed by atoms with Gasteiger partial charge in [-0.25, -0.2) is 4.68 Å². The van der Waals surface area contributed by atoms with Crippen molar-refractivity contribution in [2.24, 2.45) is 11.7 Å². The van der Waals surface area contributed by atoms with E-state index in [4.69, 9.17) is 5.73 Å². The van der Waals surface area contributed by atoms with Crippen LogP contribution in [0.4, 0.5) is 0 Å². The molecule has 112 valence electrons. The number of carbonyl (C=O) groups excluding carboxylic acids is 1. The first-order valence-electron chi connectivity index (χ1n) is 6.88. The van der Waals surface area contributed by atoms with Crippen molar-refractivity contribution in [2.45, 2.75) is 18.9 Å². The highest BCUT2D eigenvalue weighted by molar-refractivity contribution is 5.94. The van der Waals surface area contributed by atoms with Crippen molar-refractivity contribution >= 4 is 18.3 Å². The molecule has 1 aromatic heterocycles. The maximum Gasteiger partial charge on any atom is 0.251 e. The predicted molar refractivity (Wildman–Crippen MR) is 83.8 cm³/mol. The molecule has 1 unspecified atom stereocenters. The lowest BCUT2D eigenvalue weighted by molar-refractivity contribution is 0.0950. The standard InChI is InChI=1S/C15H18N4O.ClH/c16-14(11-2-3-11)10-17-15(20)12-4-6-13(7-5-12)19-9-1-8-18-19;/h1,4-9,11,14H,2-3,10,16H2,(H,17,20);1H. The van der Waals surface area contributed by atoms with Crippen molar-refractivity contribution in [3.63, 3.8) is 0 Å². The first-order valence-corrected chi connectivity index (χ1v) is 6.88. The fraction of sp³-hybridized carbons (Fsp3) is 0.333. The predicted octanol–water partition coefficient (Wildman–Crippen LogP) is 1.76. The zero-order valence-corrected chi connectivity index (χ0v) is 12.4. The molecule has 1 aliphatic carbocycles. The van der Waals surface area contributed by atoms with Gasteiger partial charge in [0.05, 0.1) is 5.69 Å². The molecule has 2 aromatic rings. The monoisotopic (exact) mass is 306 g/mol. The van der Waals surface area contributed by atoms with Crippen molar-refractivity contribution in [3.8, 4) is 5.69 Å². The molecule has 1 aliphatic rings. The van der Waals surface area contributed by atoms with Crippen LogP contribution in [0, 0.1) is 5.92 Å². The van der Waals surface area contributed by atoms with Gasteiger partial charge in [0.2, 0.25) is 0 Å². The second-order valence-electron chi connectivity index (χ2n) is 5.21. The minimum Gasteiger partial charge on any atom is -0.350 e. The number of nitrogens with one attached hydrogen (secondary N) is 1. The summed E-state index contributed by atoms with van der Waals surface area (Å²) in [6.45, 7) is 0.546. The fourth-order valence-electron chi connectivity index (χ4n) is 2.19. The first kappa shape index (κ1) is 15.5. The lowest BCUT2D eigenvalue weighted by Crippen LogP contribution is -2.38. The van der Waals surface area contributed by atoms with Crippen molar-refractivity contribution < 1.29 is 4.79 Å². The summed E-state index contributed by atoms with van der Waals surface area (Å²) in [5, 5.41) is 7.03. The minimum atomic E-state index is -0.0758. The second-order valence-corrected chi connectivity index (χ2v) is 5.21. The Morgan fingerprint density at radius 3 is 2.67 bits per heavy atom. The van der Waals surface area contributed by atoms with Gasteiger partial charge >= 0.3 is 0 Å². The smallest absolute Gasteiger partial charge is 0.251 e. The number of benzene rings is 1. The van der Waals surface area contributed by atoms with Gasteiger partial charge in [0.25, 0.3) is 5.91 Å². The molecule has 3 rings (SSSR count). The molecule has 0 aliphatic heterocycles. The highest BCUT2D eigenvalue weighted by Crippen LogP contribution is 2.31. The van der Waals surface area contributed by atoms with E-state index in [1.54, 1.807) is 23.0 Å². The molecule has 1 heterocycles. The van der Waals surface area contributed by atoms with Crippen LogP contribution in [-0.4, -0.2) is 28.3 Å². The molecule has 0 radical (unpaired) electrons. The van der Waals surface area contributed by atoms with Crippen LogP contribution in [0.25, 0.3) is 5.69 Å². The van der Waals surface area contributed by atoms with E-state index in [2.05, 4.69) is 10.4 Å². The third kappa shape index (κ3) is 3.83. The third-order valence-corrected chi connectivity index (χ3v) is 3.62. The quantitative estimate of drug-likeness (QED) is 0.884. The van der Waals surface area contributed by atoms with E-state index in [1.165, 1.54) is 12.8 Å². The topological polar surface area (TPSA) is 72.9 Å². The molecule has 21 heavy (non-hydrogen) atoms. The summed E-state index contributed by atoms with van der Waals surface area (Å²) in [6.07, 6.45) is 5.97. The Labute approximate surface area is 129 Å². The average molecular weight is 307 g/mol. The van der Waals surface area contributed by atoms with Gasteiger partial charge in [0.1, 0.15) is 0 Å². The van der Waals surface area contributed by atoms with Crippen molar-refractivity contribution in [2.75, 3.05) is 6.54 Å². The van der Waals surface area contributed by atoms with Crippen LogP contribution in [0.2, 0.25) is 0 Å². The molecule has 1 amide bonds. The maximum atomic E-state index is 12.0. The largest absolute Gasteiger partial charge is 0.350 e. The summed E-state index contributed by atoms with van der Waals surface area (Å²) in [5.41, 5.74) is 7.54. The molecular formula is C15H19ClN4O. The highest BCUT2D eigenvalue weighted by atomic mass is 35.5. The molecular weight excluding hydrogens is 288 g/mol. The molecule has 0 saturated heterocycles. The van der Waals surface area contributed by atoms with Crippen LogP contribution in [0.5, 0.6) is 0 Å². The van der Waals surface area contributed by atoms with E-state index >= 15 is 0 Å². The number of nitrogens with two attached hydrogens (primary N) is 1. The van der Waals surface area contributed by atoms with Crippen LogP contribution in [0.1, 0.15) is 23.2 Å². The zero-order valence-electron chi connectivity index (χ0n) is 11.6. The van der Waals surface area contributed by atoms with Gasteiger partial charge in [-0.2, -0.15) is 5.10 Å². The number of rotatable bonds is 5. The Balaban J connectivity index is 0.00000161. The summed E-state index contributed by atoms with van der Waals surface area (Å²) in [6, 6.07) is 9.30. The van der Waals surface area contributed by atoms with E-state index in [-0.39, 0.29) is 24.4 Å². The number of carbonyl (C=O) groups is 1. The first-order chi connectivity index (χ1) is 9.74. The molecule has 3 N–H and O–H groups in total. The normalized spacial score (nSPS) is 15.1. The van der Waals surface area contributed by atoms with Gasteiger partial charge in [0, 0.05) is 30.5 Å². The highest BCUT2D eigenvalue weighted by Gasteiger charge is 2.28. The number of amides is 1. The van der Waals surface area contributed by atoms with Crippen molar-refractivity contribution in [1.82, 2.24) is 15.1 Å². The lowest BCUT2D eigenvalue weighted by Gasteiger charge is -2.11. The maximum absolute atomic E-state index is 12.0. The number of hydrogen-bond acceptors (Lipinski definition) is 3. The van der Waals surface area contributed by atoms with Gasteiger partial charge in [0.15, 0.2) is 0 Å². The van der Waals surface area contributed by atoms with E-state index < -0.39 is 0 Å². The number of aromatic nitrogens is 2. The summed E-state index contributed by atoms with van der Waals surface area (Å²) < 4.78 is 1.75. The van der Waals surface area contributed by atoms with Gasteiger partial charge in [-0.1, -0.05) is 0 Å². The van der Waals surface area contributed by atoms with E-state index in [0.29, 0.717) is 18.0 Å². The van der Waals surface area contributed by atoms with Crippen LogP contribution in [0.3, 0.4) is 0 Å². The molecule has 6 heteroatoms. The number of halogens is 1.